The van der Waals surface area contributed by atoms with Gasteiger partial charge in [-0.25, -0.2) is 0 Å². The number of aryl methyl sites for hydroxylation is 1. The molecular formula is C13H18ClN. The molecule has 0 aliphatic carbocycles. The number of para-hydroxylation sites is 1. The summed E-state index contributed by atoms with van der Waals surface area (Å²) in [7, 11) is 0. The number of hydrogen-bond donors (Lipinski definition) is 0. The van der Waals surface area contributed by atoms with Crippen LogP contribution in [-0.4, -0.2) is 19.0 Å². The van der Waals surface area contributed by atoms with Gasteiger partial charge in [-0.2, -0.15) is 0 Å². The fraction of sp³-hybridized carbons (Fsp3) is 0.385. The van der Waals surface area contributed by atoms with Crippen LogP contribution in [-0.2, 0) is 0 Å². The lowest BCUT2D eigenvalue weighted by molar-refractivity contribution is 0.900. The predicted molar refractivity (Wildman–Crippen MR) is 68.9 cm³/mol. The van der Waals surface area contributed by atoms with Gasteiger partial charge in [-0.1, -0.05) is 30.4 Å². The zero-order chi connectivity index (χ0) is 11.1. The van der Waals surface area contributed by atoms with Crippen molar-refractivity contribution >= 4 is 17.3 Å². The highest BCUT2D eigenvalue weighted by molar-refractivity contribution is 6.18. The molecule has 0 aliphatic heterocycles. The first-order valence-corrected chi connectivity index (χ1v) is 5.84. The Balaban J connectivity index is 2.74. The third-order valence-corrected chi connectivity index (χ3v) is 2.60. The van der Waals surface area contributed by atoms with Crippen molar-refractivity contribution < 1.29 is 0 Å². The number of alkyl halides is 1. The second-order valence-electron chi connectivity index (χ2n) is 3.45. The molecule has 0 atom stereocenters. The molecule has 0 fully saturated rings. The molecule has 0 saturated heterocycles. The minimum atomic E-state index is 0.589. The smallest absolute Gasteiger partial charge is 0.0404 e. The van der Waals surface area contributed by atoms with Crippen molar-refractivity contribution in [1.82, 2.24) is 0 Å². The Morgan fingerprint density at radius 3 is 2.60 bits per heavy atom. The van der Waals surface area contributed by atoms with E-state index in [-0.39, 0.29) is 0 Å². The highest BCUT2D eigenvalue weighted by atomic mass is 35.5. The van der Waals surface area contributed by atoms with E-state index in [0.29, 0.717) is 5.88 Å². The number of anilines is 1. The molecule has 0 saturated carbocycles. The van der Waals surface area contributed by atoms with Crippen LogP contribution in [0, 0.1) is 6.92 Å². The summed E-state index contributed by atoms with van der Waals surface area (Å²) < 4.78 is 0. The van der Waals surface area contributed by atoms with Crippen LogP contribution in [0.25, 0.3) is 0 Å². The van der Waals surface area contributed by atoms with Crippen LogP contribution in [0.5, 0.6) is 0 Å². The first-order valence-electron chi connectivity index (χ1n) is 5.31. The molecule has 0 radical (unpaired) electrons. The summed E-state index contributed by atoms with van der Waals surface area (Å²) in [6.07, 6.45) is 4.10. The SMILES string of the molecule is CCN(CC=CCCl)c1ccccc1C. The zero-order valence-corrected chi connectivity index (χ0v) is 10.2. The molecular weight excluding hydrogens is 206 g/mol. The number of hydrogen-bond acceptors (Lipinski definition) is 1. The van der Waals surface area contributed by atoms with Gasteiger partial charge in [0.15, 0.2) is 0 Å². The summed E-state index contributed by atoms with van der Waals surface area (Å²) in [6, 6.07) is 8.45. The normalized spacial score (nSPS) is 10.9. The van der Waals surface area contributed by atoms with E-state index < -0.39 is 0 Å². The lowest BCUT2D eigenvalue weighted by Crippen LogP contribution is -2.23. The van der Waals surface area contributed by atoms with Gasteiger partial charge in [-0.15, -0.1) is 11.6 Å². The lowest BCUT2D eigenvalue weighted by atomic mass is 10.2. The van der Waals surface area contributed by atoms with Crippen molar-refractivity contribution in [3.05, 3.63) is 42.0 Å². The molecule has 0 heterocycles. The first-order chi connectivity index (χ1) is 7.29. The van der Waals surface area contributed by atoms with Crippen LogP contribution in [0.15, 0.2) is 36.4 Å². The molecule has 2 heteroatoms. The maximum absolute atomic E-state index is 5.60. The van der Waals surface area contributed by atoms with Crippen molar-refractivity contribution in [3.63, 3.8) is 0 Å². The number of rotatable bonds is 5. The Labute approximate surface area is 97.4 Å². The Morgan fingerprint density at radius 2 is 2.00 bits per heavy atom. The molecule has 1 aromatic rings. The Kier molecular flexibility index (Phi) is 5.27. The predicted octanol–water partition coefficient (Wildman–Crippen LogP) is 3.62. The van der Waals surface area contributed by atoms with Crippen LogP contribution in [0.2, 0.25) is 0 Å². The van der Waals surface area contributed by atoms with Gasteiger partial charge in [-0.05, 0) is 25.5 Å². The maximum Gasteiger partial charge on any atom is 0.0404 e. The van der Waals surface area contributed by atoms with Gasteiger partial charge in [-0.3, -0.25) is 0 Å². The molecule has 1 nitrogen and oxygen atoms in total. The molecule has 0 unspecified atom stereocenters. The van der Waals surface area contributed by atoms with Gasteiger partial charge in [0.05, 0.1) is 0 Å². The Morgan fingerprint density at radius 1 is 1.27 bits per heavy atom. The molecule has 0 amide bonds. The highest BCUT2D eigenvalue weighted by Crippen LogP contribution is 2.18. The summed E-state index contributed by atoms with van der Waals surface area (Å²) in [5.74, 6) is 0.589. The van der Waals surface area contributed by atoms with Crippen molar-refractivity contribution in [3.8, 4) is 0 Å². The third kappa shape index (κ3) is 3.60. The largest absolute Gasteiger partial charge is 0.368 e. The molecule has 0 N–H and O–H groups in total. The minimum absolute atomic E-state index is 0.589. The van der Waals surface area contributed by atoms with Gasteiger partial charge in [0.2, 0.25) is 0 Å². The summed E-state index contributed by atoms with van der Waals surface area (Å²) >= 11 is 5.60. The molecule has 0 aliphatic rings. The topological polar surface area (TPSA) is 3.24 Å². The van der Waals surface area contributed by atoms with Crippen LogP contribution in [0.3, 0.4) is 0 Å². The average Bonchev–Trinajstić information content (AvgIpc) is 2.26. The van der Waals surface area contributed by atoms with Gasteiger partial charge in [0, 0.05) is 24.7 Å². The van der Waals surface area contributed by atoms with E-state index in [2.05, 4.69) is 49.1 Å². The Bertz CT molecular complexity index is 320. The van der Waals surface area contributed by atoms with E-state index in [0.717, 1.165) is 13.1 Å². The summed E-state index contributed by atoms with van der Waals surface area (Å²) in [4.78, 5) is 2.33. The number of benzene rings is 1. The zero-order valence-electron chi connectivity index (χ0n) is 9.41. The summed E-state index contributed by atoms with van der Waals surface area (Å²) in [5, 5.41) is 0. The van der Waals surface area contributed by atoms with Crippen LogP contribution in [0.1, 0.15) is 12.5 Å². The van der Waals surface area contributed by atoms with Crippen LogP contribution in [0.4, 0.5) is 5.69 Å². The van der Waals surface area contributed by atoms with E-state index in [1.54, 1.807) is 0 Å². The number of likely N-dealkylation sites (N-methyl/N-ethyl adjacent to an activating group) is 1. The van der Waals surface area contributed by atoms with E-state index in [1.807, 2.05) is 6.08 Å². The fourth-order valence-corrected chi connectivity index (χ4v) is 1.71. The average molecular weight is 224 g/mol. The van der Waals surface area contributed by atoms with Crippen molar-refractivity contribution in [2.24, 2.45) is 0 Å². The van der Waals surface area contributed by atoms with E-state index in [4.69, 9.17) is 11.6 Å². The standard InChI is InChI=1S/C13H18ClN/c1-3-15(11-7-6-10-14)13-9-5-4-8-12(13)2/h4-9H,3,10-11H2,1-2H3. The fourth-order valence-electron chi connectivity index (χ4n) is 1.58. The molecule has 82 valence electrons. The molecule has 0 aromatic heterocycles. The molecule has 1 aromatic carbocycles. The number of halogens is 1. The number of nitrogens with zero attached hydrogens (tertiary/aromatic N) is 1. The van der Waals surface area contributed by atoms with Gasteiger partial charge in [0.1, 0.15) is 0 Å². The second-order valence-corrected chi connectivity index (χ2v) is 3.76. The monoisotopic (exact) mass is 223 g/mol. The van der Waals surface area contributed by atoms with Gasteiger partial charge >= 0.3 is 0 Å². The minimum Gasteiger partial charge on any atom is -0.368 e. The third-order valence-electron chi connectivity index (χ3n) is 2.42. The van der Waals surface area contributed by atoms with Crippen LogP contribution < -0.4 is 4.90 Å². The molecule has 1 rings (SSSR count). The second kappa shape index (κ2) is 6.52. The number of allylic oxidation sites excluding steroid dienone is 1. The lowest BCUT2D eigenvalue weighted by Gasteiger charge is -2.23. The quantitative estimate of drug-likeness (QED) is 0.545. The van der Waals surface area contributed by atoms with Gasteiger partial charge < -0.3 is 4.90 Å². The van der Waals surface area contributed by atoms with E-state index in [9.17, 15) is 0 Å². The van der Waals surface area contributed by atoms with Crippen molar-refractivity contribution in [2.45, 2.75) is 13.8 Å². The maximum atomic E-state index is 5.60. The molecule has 0 bridgehead atoms. The van der Waals surface area contributed by atoms with Gasteiger partial charge in [0.25, 0.3) is 0 Å². The van der Waals surface area contributed by atoms with Crippen LogP contribution >= 0.6 is 11.6 Å². The molecule has 0 spiro atoms. The van der Waals surface area contributed by atoms with Crippen molar-refractivity contribution in [2.75, 3.05) is 23.9 Å². The Hall–Kier alpha value is -0.950. The highest BCUT2D eigenvalue weighted by Gasteiger charge is 2.03. The summed E-state index contributed by atoms with van der Waals surface area (Å²) in [5.41, 5.74) is 2.62. The van der Waals surface area contributed by atoms with E-state index >= 15 is 0 Å². The van der Waals surface area contributed by atoms with Crippen molar-refractivity contribution in [1.29, 1.82) is 0 Å². The summed E-state index contributed by atoms with van der Waals surface area (Å²) in [6.45, 7) is 6.25. The molecule has 15 heavy (non-hydrogen) atoms. The first kappa shape index (κ1) is 12.1. The van der Waals surface area contributed by atoms with E-state index in [1.165, 1.54) is 11.3 Å².